The van der Waals surface area contributed by atoms with E-state index < -0.39 is 11.6 Å². The minimum atomic E-state index is -1.02. The second kappa shape index (κ2) is 9.08. The fraction of sp³-hybridized carbons (Fsp3) is 0.368. The van der Waals surface area contributed by atoms with E-state index in [2.05, 4.69) is 21.2 Å². The summed E-state index contributed by atoms with van der Waals surface area (Å²) in [5, 5.41) is 12.6. The van der Waals surface area contributed by atoms with Gasteiger partial charge in [-0.05, 0) is 54.8 Å². The molecule has 0 saturated carbocycles. The fourth-order valence-corrected chi connectivity index (χ4v) is 4.24. The van der Waals surface area contributed by atoms with Crippen LogP contribution in [0.4, 0.5) is 4.79 Å². The number of carbonyl (C=O) groups excluding carboxylic acids is 1. The van der Waals surface area contributed by atoms with Gasteiger partial charge in [0.05, 0.1) is 10.9 Å². The highest BCUT2D eigenvalue weighted by molar-refractivity contribution is 9.10. The van der Waals surface area contributed by atoms with Crippen molar-refractivity contribution in [3.63, 3.8) is 0 Å². The Bertz CT molecular complexity index is 786. The van der Waals surface area contributed by atoms with Gasteiger partial charge in [0.2, 0.25) is 0 Å². The van der Waals surface area contributed by atoms with E-state index in [1.165, 1.54) is 16.2 Å². The highest BCUT2D eigenvalue weighted by Crippen LogP contribution is 2.32. The van der Waals surface area contributed by atoms with Crippen LogP contribution in [0.3, 0.4) is 0 Å². The van der Waals surface area contributed by atoms with Crippen molar-refractivity contribution in [1.82, 2.24) is 10.2 Å². The third-order valence-corrected chi connectivity index (χ3v) is 6.45. The van der Waals surface area contributed by atoms with Crippen molar-refractivity contribution in [1.29, 1.82) is 0 Å². The number of nitrogens with zero attached hydrogens (tertiary/aromatic N) is 1. The first-order chi connectivity index (χ1) is 12.6. The Labute approximate surface area is 176 Å². The van der Waals surface area contributed by atoms with Crippen LogP contribution in [0.1, 0.15) is 36.0 Å². The van der Waals surface area contributed by atoms with Gasteiger partial charge in [-0.3, -0.25) is 4.79 Å². The van der Waals surface area contributed by atoms with Crippen LogP contribution in [0.5, 0.6) is 0 Å². The standard InChI is InChI=1S/C19H22BrClN2O3S/c1-19(2,3)23(18(25)26)11-13(9-12-7-5-4-6-8-12)22-17(24)15-10-14(20)16(21)27-15/h4-8,10,13H,9,11H2,1-3H3,(H,22,24)(H,25,26)/t13-/m0/s1. The van der Waals surface area contributed by atoms with Crippen LogP contribution in [-0.4, -0.2) is 40.1 Å². The number of nitrogens with one attached hydrogen (secondary N) is 1. The van der Waals surface area contributed by atoms with E-state index >= 15 is 0 Å². The first kappa shape index (κ1) is 21.7. The zero-order valence-corrected chi connectivity index (χ0v) is 18.5. The van der Waals surface area contributed by atoms with Crippen LogP contribution in [0.25, 0.3) is 0 Å². The summed E-state index contributed by atoms with van der Waals surface area (Å²) < 4.78 is 1.17. The van der Waals surface area contributed by atoms with Gasteiger partial charge in [-0.15, -0.1) is 11.3 Å². The first-order valence-corrected chi connectivity index (χ1v) is 10.4. The lowest BCUT2D eigenvalue weighted by molar-refractivity contribution is 0.0824. The van der Waals surface area contributed by atoms with Gasteiger partial charge >= 0.3 is 6.09 Å². The molecule has 0 fully saturated rings. The summed E-state index contributed by atoms with van der Waals surface area (Å²) in [5.74, 6) is -0.271. The molecular weight excluding hydrogens is 452 g/mol. The van der Waals surface area contributed by atoms with E-state index in [-0.39, 0.29) is 18.5 Å². The molecule has 2 rings (SSSR count). The third kappa shape index (κ3) is 6.23. The predicted molar refractivity (Wildman–Crippen MR) is 113 cm³/mol. The minimum Gasteiger partial charge on any atom is -0.465 e. The van der Waals surface area contributed by atoms with E-state index in [4.69, 9.17) is 11.6 Å². The molecule has 0 aliphatic heterocycles. The van der Waals surface area contributed by atoms with Crippen LogP contribution in [-0.2, 0) is 6.42 Å². The van der Waals surface area contributed by atoms with Crippen molar-refractivity contribution in [2.75, 3.05) is 6.54 Å². The zero-order chi connectivity index (χ0) is 20.2. The molecule has 1 atom stereocenters. The predicted octanol–water partition coefficient (Wildman–Crippen LogP) is 5.28. The topological polar surface area (TPSA) is 69.6 Å². The third-order valence-electron chi connectivity index (χ3n) is 3.97. The molecule has 8 heteroatoms. The molecule has 0 aliphatic rings. The minimum absolute atomic E-state index is 0.180. The molecule has 0 unspecified atom stereocenters. The van der Waals surface area contributed by atoms with Gasteiger partial charge in [0.15, 0.2) is 0 Å². The monoisotopic (exact) mass is 472 g/mol. The molecule has 146 valence electrons. The number of thiophene rings is 1. The first-order valence-electron chi connectivity index (χ1n) is 8.38. The second-order valence-electron chi connectivity index (χ2n) is 7.16. The molecule has 1 aromatic carbocycles. The molecule has 0 aliphatic carbocycles. The van der Waals surface area contributed by atoms with E-state index in [1.807, 2.05) is 51.1 Å². The fourth-order valence-electron chi connectivity index (χ4n) is 2.63. The summed E-state index contributed by atoms with van der Waals surface area (Å²) in [6.45, 7) is 5.68. The lowest BCUT2D eigenvalue weighted by Crippen LogP contribution is -2.53. The van der Waals surface area contributed by atoms with Gasteiger partial charge in [0.25, 0.3) is 5.91 Å². The summed E-state index contributed by atoms with van der Waals surface area (Å²) in [7, 11) is 0. The van der Waals surface area contributed by atoms with Crippen molar-refractivity contribution in [2.45, 2.75) is 38.8 Å². The maximum Gasteiger partial charge on any atom is 0.407 e. The highest BCUT2D eigenvalue weighted by atomic mass is 79.9. The average molecular weight is 474 g/mol. The number of amides is 2. The summed E-state index contributed by atoms with van der Waals surface area (Å²) >= 11 is 10.5. The van der Waals surface area contributed by atoms with E-state index in [9.17, 15) is 14.7 Å². The largest absolute Gasteiger partial charge is 0.465 e. The smallest absolute Gasteiger partial charge is 0.407 e. The highest BCUT2D eigenvalue weighted by Gasteiger charge is 2.30. The van der Waals surface area contributed by atoms with E-state index in [1.54, 1.807) is 6.07 Å². The Morgan fingerprint density at radius 1 is 1.30 bits per heavy atom. The van der Waals surface area contributed by atoms with Crippen molar-refractivity contribution in [3.05, 3.63) is 55.6 Å². The van der Waals surface area contributed by atoms with Crippen molar-refractivity contribution >= 4 is 50.9 Å². The molecule has 27 heavy (non-hydrogen) atoms. The Kier molecular flexibility index (Phi) is 7.31. The summed E-state index contributed by atoms with van der Waals surface area (Å²) in [5.41, 5.74) is 0.438. The zero-order valence-electron chi connectivity index (χ0n) is 15.3. The number of hydrogen-bond acceptors (Lipinski definition) is 3. The Morgan fingerprint density at radius 2 is 1.93 bits per heavy atom. The number of carboxylic acid groups (broad SMARTS) is 1. The normalized spacial score (nSPS) is 12.5. The molecule has 0 spiro atoms. The van der Waals surface area contributed by atoms with Crippen LogP contribution in [0, 0.1) is 0 Å². The number of halogens is 2. The molecular formula is C19H22BrClN2O3S. The lowest BCUT2D eigenvalue weighted by atomic mass is 10.0. The number of hydrogen-bond donors (Lipinski definition) is 2. The Balaban J connectivity index is 2.23. The van der Waals surface area contributed by atoms with Crippen LogP contribution >= 0.6 is 38.9 Å². The van der Waals surface area contributed by atoms with Gasteiger partial charge < -0.3 is 15.3 Å². The summed E-state index contributed by atoms with van der Waals surface area (Å²) in [6, 6.07) is 11.0. The molecule has 0 bridgehead atoms. The van der Waals surface area contributed by atoms with Crippen molar-refractivity contribution in [2.24, 2.45) is 0 Å². The van der Waals surface area contributed by atoms with Crippen LogP contribution in [0.2, 0.25) is 4.34 Å². The van der Waals surface area contributed by atoms with E-state index in [0.29, 0.717) is 20.1 Å². The van der Waals surface area contributed by atoms with Gasteiger partial charge in [0, 0.05) is 16.6 Å². The number of benzene rings is 1. The van der Waals surface area contributed by atoms with Crippen LogP contribution in [0.15, 0.2) is 40.9 Å². The molecule has 2 N–H and O–H groups in total. The quantitative estimate of drug-likeness (QED) is 0.599. The molecule has 0 radical (unpaired) electrons. The Morgan fingerprint density at radius 3 is 2.41 bits per heavy atom. The Hall–Kier alpha value is -1.57. The average Bonchev–Trinajstić information content (AvgIpc) is 2.91. The molecule has 2 aromatic rings. The van der Waals surface area contributed by atoms with Gasteiger partial charge in [0.1, 0.15) is 4.34 Å². The maximum absolute atomic E-state index is 12.7. The summed E-state index contributed by atoms with van der Waals surface area (Å²) in [6.07, 6.45) is -0.496. The van der Waals surface area contributed by atoms with Gasteiger partial charge in [-0.2, -0.15) is 0 Å². The van der Waals surface area contributed by atoms with Gasteiger partial charge in [-0.1, -0.05) is 41.9 Å². The molecule has 1 aromatic heterocycles. The maximum atomic E-state index is 12.7. The molecule has 0 saturated heterocycles. The number of rotatable bonds is 6. The molecule has 2 amide bonds. The lowest BCUT2D eigenvalue weighted by Gasteiger charge is -2.36. The van der Waals surface area contributed by atoms with E-state index in [0.717, 1.165) is 5.56 Å². The summed E-state index contributed by atoms with van der Waals surface area (Å²) in [4.78, 5) is 26.2. The van der Waals surface area contributed by atoms with Crippen molar-refractivity contribution < 1.29 is 14.7 Å². The SMILES string of the molecule is CC(C)(C)N(C[C@H](Cc1ccccc1)NC(=O)c1cc(Br)c(Cl)s1)C(=O)O. The second-order valence-corrected chi connectivity index (χ2v) is 9.67. The molecule has 1 heterocycles. The van der Waals surface area contributed by atoms with Gasteiger partial charge in [-0.25, -0.2) is 4.79 Å². The number of carbonyl (C=O) groups is 2. The molecule has 5 nitrogen and oxygen atoms in total. The van der Waals surface area contributed by atoms with Crippen LogP contribution < -0.4 is 5.32 Å². The van der Waals surface area contributed by atoms with Crippen molar-refractivity contribution in [3.8, 4) is 0 Å².